The molecule has 202 valence electrons. The Morgan fingerprint density at radius 3 is 2.18 bits per heavy atom. The summed E-state index contributed by atoms with van der Waals surface area (Å²) in [6.07, 6.45) is 0.807. The van der Waals surface area contributed by atoms with E-state index in [1.807, 2.05) is 54.6 Å². The number of likely N-dealkylation sites (tertiary alicyclic amines) is 1. The summed E-state index contributed by atoms with van der Waals surface area (Å²) >= 11 is 0. The number of amides is 1. The second-order valence-corrected chi connectivity index (χ2v) is 11.0. The molecule has 1 fully saturated rings. The van der Waals surface area contributed by atoms with Gasteiger partial charge in [0.1, 0.15) is 12.4 Å². The minimum absolute atomic E-state index is 0.0110. The predicted octanol–water partition coefficient (Wildman–Crippen LogP) is 6.30. The van der Waals surface area contributed by atoms with E-state index < -0.39 is 6.43 Å². The summed E-state index contributed by atoms with van der Waals surface area (Å²) in [7, 11) is 0. The maximum absolute atomic E-state index is 12.9. The molecule has 1 atom stereocenters. The third kappa shape index (κ3) is 7.60. The van der Waals surface area contributed by atoms with E-state index in [9.17, 15) is 13.6 Å². The van der Waals surface area contributed by atoms with E-state index in [1.165, 1.54) is 5.56 Å². The Balaban J connectivity index is 1.38. The number of benzene rings is 2. The van der Waals surface area contributed by atoms with Crippen LogP contribution in [0.2, 0.25) is 0 Å². The lowest BCUT2D eigenvalue weighted by atomic mass is 9.72. The van der Waals surface area contributed by atoms with Gasteiger partial charge in [0, 0.05) is 36.8 Å². The van der Waals surface area contributed by atoms with Crippen molar-refractivity contribution in [2.24, 2.45) is 5.41 Å². The highest BCUT2D eigenvalue weighted by molar-refractivity contribution is 5.94. The maximum Gasteiger partial charge on any atom is 0.251 e. The van der Waals surface area contributed by atoms with Gasteiger partial charge in [-0.15, -0.1) is 0 Å². The van der Waals surface area contributed by atoms with Gasteiger partial charge in [-0.3, -0.25) is 14.7 Å². The molecule has 1 unspecified atom stereocenters. The molecule has 1 aliphatic heterocycles. The molecule has 1 N–H and O–H groups in total. The Bertz CT molecular complexity index is 1150. The van der Waals surface area contributed by atoms with E-state index in [4.69, 9.17) is 4.74 Å². The average molecular weight is 522 g/mol. The number of alkyl halides is 2. The third-order valence-electron chi connectivity index (χ3n) is 7.02. The zero-order chi connectivity index (χ0) is 27.1. The fourth-order valence-electron chi connectivity index (χ4n) is 5.14. The van der Waals surface area contributed by atoms with Crippen LogP contribution in [-0.2, 0) is 6.61 Å². The SMILES string of the molecule is CC(C)(C)C(c1ccc(OCc2ccccn2)cc1)c1ccc(C(=O)NC2CCN(CC(F)F)CC2)cc1. The molecule has 0 aliphatic carbocycles. The van der Waals surface area contributed by atoms with Gasteiger partial charge in [-0.2, -0.15) is 0 Å². The number of aromatic nitrogens is 1. The minimum atomic E-state index is -2.32. The zero-order valence-corrected chi connectivity index (χ0v) is 22.4. The second kappa shape index (κ2) is 12.5. The lowest BCUT2D eigenvalue weighted by Crippen LogP contribution is -2.45. The summed E-state index contributed by atoms with van der Waals surface area (Å²) in [6, 6.07) is 21.8. The molecule has 0 bridgehead atoms. The van der Waals surface area contributed by atoms with E-state index >= 15 is 0 Å². The maximum atomic E-state index is 12.9. The summed E-state index contributed by atoms with van der Waals surface area (Å²) in [5.41, 5.74) is 3.75. The number of nitrogens with zero attached hydrogens (tertiary/aromatic N) is 2. The quantitative estimate of drug-likeness (QED) is 0.359. The summed E-state index contributed by atoms with van der Waals surface area (Å²) in [6.45, 7) is 8.01. The van der Waals surface area contributed by atoms with Gasteiger partial charge < -0.3 is 10.1 Å². The van der Waals surface area contributed by atoms with Crippen molar-refractivity contribution in [3.8, 4) is 5.75 Å². The van der Waals surface area contributed by atoms with Gasteiger partial charge in [0.25, 0.3) is 12.3 Å². The number of halogens is 2. The number of rotatable bonds is 9. The van der Waals surface area contributed by atoms with Crippen LogP contribution in [0.1, 0.15) is 66.7 Å². The summed E-state index contributed by atoms with van der Waals surface area (Å²) in [5, 5.41) is 3.08. The number of piperidine rings is 1. The van der Waals surface area contributed by atoms with E-state index in [1.54, 1.807) is 11.1 Å². The lowest BCUT2D eigenvalue weighted by molar-refractivity contribution is 0.0696. The molecule has 1 aromatic heterocycles. The first-order valence-corrected chi connectivity index (χ1v) is 13.2. The molecule has 2 aromatic carbocycles. The van der Waals surface area contributed by atoms with Gasteiger partial charge in [-0.05, 0) is 65.8 Å². The van der Waals surface area contributed by atoms with Crippen LogP contribution in [0, 0.1) is 5.41 Å². The monoisotopic (exact) mass is 521 g/mol. The van der Waals surface area contributed by atoms with Crippen LogP contribution >= 0.6 is 0 Å². The first kappa shape index (κ1) is 27.7. The number of ether oxygens (including phenoxy) is 1. The number of hydrogen-bond acceptors (Lipinski definition) is 4. The Morgan fingerprint density at radius 1 is 1.00 bits per heavy atom. The first-order valence-electron chi connectivity index (χ1n) is 13.2. The molecule has 3 aromatic rings. The number of carbonyl (C=O) groups excluding carboxylic acids is 1. The van der Waals surface area contributed by atoms with Gasteiger partial charge in [0.05, 0.1) is 12.2 Å². The number of nitrogens with one attached hydrogen (secondary N) is 1. The third-order valence-corrected chi connectivity index (χ3v) is 7.02. The van der Waals surface area contributed by atoms with Gasteiger partial charge in [0.15, 0.2) is 0 Å². The van der Waals surface area contributed by atoms with Crippen LogP contribution < -0.4 is 10.1 Å². The highest BCUT2D eigenvalue weighted by atomic mass is 19.3. The van der Waals surface area contributed by atoms with Crippen LogP contribution in [0.25, 0.3) is 0 Å². The molecule has 4 rings (SSSR count). The topological polar surface area (TPSA) is 54.5 Å². The molecule has 0 spiro atoms. The smallest absolute Gasteiger partial charge is 0.251 e. The van der Waals surface area contributed by atoms with Crippen molar-refractivity contribution < 1.29 is 18.3 Å². The molecule has 38 heavy (non-hydrogen) atoms. The van der Waals surface area contributed by atoms with Crippen LogP contribution in [0.5, 0.6) is 5.75 Å². The van der Waals surface area contributed by atoms with E-state index in [0.29, 0.717) is 38.1 Å². The summed E-state index contributed by atoms with van der Waals surface area (Å²) < 4.78 is 31.1. The normalized spacial score (nSPS) is 15.8. The van der Waals surface area contributed by atoms with Crippen LogP contribution in [0.15, 0.2) is 72.9 Å². The Morgan fingerprint density at radius 2 is 1.63 bits per heavy atom. The van der Waals surface area contributed by atoms with Crippen molar-refractivity contribution >= 4 is 5.91 Å². The van der Waals surface area contributed by atoms with E-state index in [-0.39, 0.29) is 29.8 Å². The average Bonchev–Trinajstić information content (AvgIpc) is 2.89. The molecule has 5 nitrogen and oxygen atoms in total. The van der Waals surface area contributed by atoms with E-state index in [2.05, 4.69) is 43.2 Å². The number of hydrogen-bond donors (Lipinski definition) is 1. The van der Waals surface area contributed by atoms with Gasteiger partial charge in [0.2, 0.25) is 0 Å². The Kier molecular flexibility index (Phi) is 9.10. The van der Waals surface area contributed by atoms with Gasteiger partial charge in [-0.25, -0.2) is 8.78 Å². The molecular formula is C31H37F2N3O2. The van der Waals surface area contributed by atoms with Gasteiger partial charge >= 0.3 is 0 Å². The second-order valence-electron chi connectivity index (χ2n) is 11.0. The molecular weight excluding hydrogens is 484 g/mol. The fraction of sp³-hybridized carbons (Fsp3) is 0.419. The lowest BCUT2D eigenvalue weighted by Gasteiger charge is -2.32. The van der Waals surface area contributed by atoms with Gasteiger partial charge in [-0.1, -0.05) is 51.1 Å². The molecule has 1 aliphatic rings. The van der Waals surface area contributed by atoms with Crippen molar-refractivity contribution in [1.82, 2.24) is 15.2 Å². The highest BCUT2D eigenvalue weighted by Gasteiger charge is 2.28. The zero-order valence-electron chi connectivity index (χ0n) is 22.4. The standard InChI is InChI=1S/C31H37F2N3O2/c1-31(2,3)29(23-11-13-27(14-12-23)38-21-26-6-4-5-17-34-26)22-7-9-24(10-8-22)30(37)35-25-15-18-36(19-16-25)20-28(32)33/h4-14,17,25,28-29H,15-16,18-21H2,1-3H3,(H,35,37). The van der Waals surface area contributed by atoms with Crippen molar-refractivity contribution in [1.29, 1.82) is 0 Å². The summed E-state index contributed by atoms with van der Waals surface area (Å²) in [4.78, 5) is 18.9. The van der Waals surface area contributed by atoms with Crippen molar-refractivity contribution in [3.05, 3.63) is 95.3 Å². The molecule has 0 radical (unpaired) electrons. The van der Waals surface area contributed by atoms with E-state index in [0.717, 1.165) is 17.0 Å². The molecule has 0 saturated carbocycles. The Labute approximate surface area is 224 Å². The fourth-order valence-corrected chi connectivity index (χ4v) is 5.14. The van der Waals surface area contributed by atoms with Crippen LogP contribution in [-0.4, -0.2) is 47.9 Å². The van der Waals surface area contributed by atoms with Crippen molar-refractivity contribution in [2.45, 2.75) is 58.6 Å². The predicted molar refractivity (Wildman–Crippen MR) is 146 cm³/mol. The van der Waals surface area contributed by atoms with Crippen LogP contribution in [0.3, 0.4) is 0 Å². The summed E-state index contributed by atoms with van der Waals surface area (Å²) in [5.74, 6) is 0.799. The van der Waals surface area contributed by atoms with Crippen molar-refractivity contribution in [2.75, 3.05) is 19.6 Å². The number of carbonyl (C=O) groups is 1. The van der Waals surface area contributed by atoms with Crippen molar-refractivity contribution in [3.63, 3.8) is 0 Å². The number of pyridine rings is 1. The molecule has 2 heterocycles. The van der Waals surface area contributed by atoms with Crippen LogP contribution in [0.4, 0.5) is 8.78 Å². The largest absolute Gasteiger partial charge is 0.487 e. The first-order chi connectivity index (χ1) is 18.2. The molecule has 7 heteroatoms. The molecule has 1 amide bonds. The molecule has 1 saturated heterocycles. The highest BCUT2D eigenvalue weighted by Crippen LogP contribution is 2.41. The Hall–Kier alpha value is -3.32. The minimum Gasteiger partial charge on any atom is -0.487 e.